The third-order valence-corrected chi connectivity index (χ3v) is 6.07. The lowest BCUT2D eigenvalue weighted by molar-refractivity contribution is -0.117. The Morgan fingerprint density at radius 1 is 1.03 bits per heavy atom. The highest BCUT2D eigenvalue weighted by molar-refractivity contribution is 5.98. The van der Waals surface area contributed by atoms with Gasteiger partial charge in [-0.1, -0.05) is 30.3 Å². The highest BCUT2D eigenvalue weighted by atomic mass is 16.2. The summed E-state index contributed by atoms with van der Waals surface area (Å²) in [6.45, 7) is 7.97. The summed E-state index contributed by atoms with van der Waals surface area (Å²) < 4.78 is 0. The van der Waals surface area contributed by atoms with E-state index in [-0.39, 0.29) is 17.7 Å². The van der Waals surface area contributed by atoms with E-state index in [9.17, 15) is 9.59 Å². The molecule has 0 aliphatic carbocycles. The minimum absolute atomic E-state index is 0.0959. The van der Waals surface area contributed by atoms with Crippen LogP contribution in [0.1, 0.15) is 36.2 Å². The van der Waals surface area contributed by atoms with E-state index in [2.05, 4.69) is 35.3 Å². The molecular weight excluding hydrogens is 362 g/mol. The Kier molecular flexibility index (Phi) is 5.79. The summed E-state index contributed by atoms with van der Waals surface area (Å²) in [4.78, 5) is 28.8. The van der Waals surface area contributed by atoms with Gasteiger partial charge in [0.15, 0.2) is 5.78 Å². The molecule has 0 aromatic heterocycles. The predicted octanol–water partition coefficient (Wildman–Crippen LogP) is 3.13. The van der Waals surface area contributed by atoms with Crippen molar-refractivity contribution in [3.8, 4) is 11.1 Å². The first kappa shape index (κ1) is 19.8. The average molecular weight is 392 g/mol. The maximum absolute atomic E-state index is 12.6. The van der Waals surface area contributed by atoms with Gasteiger partial charge in [0.25, 0.3) is 0 Å². The number of anilines is 1. The maximum Gasteiger partial charge on any atom is 0.224 e. The Morgan fingerprint density at radius 3 is 2.41 bits per heavy atom. The van der Waals surface area contributed by atoms with Gasteiger partial charge < -0.3 is 10.2 Å². The molecule has 5 heteroatoms. The van der Waals surface area contributed by atoms with E-state index in [4.69, 9.17) is 0 Å². The van der Waals surface area contributed by atoms with Crippen molar-refractivity contribution >= 4 is 17.4 Å². The number of nitrogens with zero attached hydrogens (tertiary/aromatic N) is 2. The van der Waals surface area contributed by atoms with E-state index in [1.165, 1.54) is 5.56 Å². The van der Waals surface area contributed by atoms with Gasteiger partial charge in [0.1, 0.15) is 0 Å². The first-order valence-corrected chi connectivity index (χ1v) is 10.5. The lowest BCUT2D eigenvalue weighted by atomic mass is 9.92. The van der Waals surface area contributed by atoms with Crippen molar-refractivity contribution in [2.75, 3.05) is 37.6 Å². The molecule has 0 saturated carbocycles. The zero-order valence-electron chi connectivity index (χ0n) is 17.3. The fourth-order valence-electron chi connectivity index (χ4n) is 4.42. The number of hydrogen-bond acceptors (Lipinski definition) is 4. The summed E-state index contributed by atoms with van der Waals surface area (Å²) in [5.41, 5.74) is 5.24. The molecule has 1 atom stereocenters. The molecule has 1 N–H and O–H groups in total. The molecule has 1 fully saturated rings. The van der Waals surface area contributed by atoms with Gasteiger partial charge in [0.05, 0.1) is 6.54 Å². The van der Waals surface area contributed by atoms with Crippen LogP contribution < -0.4 is 10.2 Å². The molecule has 2 heterocycles. The van der Waals surface area contributed by atoms with Crippen molar-refractivity contribution in [1.29, 1.82) is 0 Å². The third-order valence-electron chi connectivity index (χ3n) is 6.07. The molecule has 2 aliphatic rings. The molecule has 2 aromatic carbocycles. The van der Waals surface area contributed by atoms with Crippen LogP contribution in [0.2, 0.25) is 0 Å². The zero-order chi connectivity index (χ0) is 20.4. The number of nitrogens with one attached hydrogen (secondary N) is 1. The largest absolute Gasteiger partial charge is 0.314 e. The summed E-state index contributed by atoms with van der Waals surface area (Å²) in [7, 11) is 0. The second-order valence-corrected chi connectivity index (χ2v) is 8.15. The Labute approximate surface area is 172 Å². The third kappa shape index (κ3) is 4.26. The molecule has 1 unspecified atom stereocenters. The molecule has 2 aliphatic heterocycles. The number of carbonyl (C=O) groups is 2. The van der Waals surface area contributed by atoms with E-state index in [0.717, 1.165) is 61.4 Å². The van der Waals surface area contributed by atoms with Crippen molar-refractivity contribution in [1.82, 2.24) is 10.2 Å². The van der Waals surface area contributed by atoms with Crippen LogP contribution in [0.4, 0.5) is 5.69 Å². The summed E-state index contributed by atoms with van der Waals surface area (Å²) in [5, 5.41) is 3.31. The second kappa shape index (κ2) is 8.47. The fraction of sp³-hybridized carbons (Fsp3) is 0.417. The molecule has 29 heavy (non-hydrogen) atoms. The van der Waals surface area contributed by atoms with Crippen LogP contribution >= 0.6 is 0 Å². The molecule has 1 saturated heterocycles. The van der Waals surface area contributed by atoms with Crippen molar-refractivity contribution in [2.24, 2.45) is 0 Å². The quantitative estimate of drug-likeness (QED) is 0.814. The van der Waals surface area contributed by atoms with Crippen LogP contribution in [0.5, 0.6) is 0 Å². The van der Waals surface area contributed by atoms with Crippen molar-refractivity contribution in [2.45, 2.75) is 32.7 Å². The number of ketones is 1. The molecule has 0 bridgehead atoms. The lowest BCUT2D eigenvalue weighted by Crippen LogP contribution is -2.45. The molecular formula is C24H29N3O2. The number of Topliss-reactive ketones (excluding diaryl/α,β-unsaturated/α-hetero) is 1. The molecule has 152 valence electrons. The number of aryl methyl sites for hydroxylation is 1. The molecule has 1 amide bonds. The minimum Gasteiger partial charge on any atom is -0.314 e. The van der Waals surface area contributed by atoms with E-state index in [0.29, 0.717) is 6.54 Å². The number of benzene rings is 2. The Bertz CT molecular complexity index is 901. The minimum atomic E-state index is 0.0959. The van der Waals surface area contributed by atoms with Crippen LogP contribution in [0.3, 0.4) is 0 Å². The van der Waals surface area contributed by atoms with Crippen LogP contribution in [0.15, 0.2) is 42.5 Å². The van der Waals surface area contributed by atoms with Gasteiger partial charge in [-0.05, 0) is 48.6 Å². The van der Waals surface area contributed by atoms with E-state index < -0.39 is 0 Å². The standard InChI is InChI=1S/C24H29N3O2/c1-17-3-4-22-15-21(9-10-23(22)27(17)18(2)28)19-5-7-20(8-6-19)24(29)16-26-13-11-25-12-14-26/h5-10,15,17,25H,3-4,11-14,16H2,1-2H3. The van der Waals surface area contributed by atoms with Crippen molar-refractivity contribution in [3.63, 3.8) is 0 Å². The molecule has 0 radical (unpaired) electrons. The smallest absolute Gasteiger partial charge is 0.224 e. The van der Waals surface area contributed by atoms with Gasteiger partial charge in [-0.15, -0.1) is 0 Å². The average Bonchev–Trinajstić information content (AvgIpc) is 2.74. The molecule has 4 rings (SSSR count). The Hall–Kier alpha value is -2.50. The van der Waals surface area contributed by atoms with Crippen LogP contribution in [0.25, 0.3) is 11.1 Å². The van der Waals surface area contributed by atoms with E-state index in [1.54, 1.807) is 6.92 Å². The SMILES string of the molecule is CC(=O)N1c2ccc(-c3ccc(C(=O)CN4CCNCC4)cc3)cc2CCC1C. The van der Waals surface area contributed by atoms with E-state index >= 15 is 0 Å². The molecule has 2 aromatic rings. The number of amides is 1. The van der Waals surface area contributed by atoms with Gasteiger partial charge in [0, 0.05) is 50.4 Å². The molecule has 0 spiro atoms. The maximum atomic E-state index is 12.6. The number of rotatable bonds is 4. The summed E-state index contributed by atoms with van der Waals surface area (Å²) in [6.07, 6.45) is 1.96. The fourth-order valence-corrected chi connectivity index (χ4v) is 4.42. The predicted molar refractivity (Wildman–Crippen MR) is 116 cm³/mol. The van der Waals surface area contributed by atoms with Gasteiger partial charge in [0.2, 0.25) is 5.91 Å². The number of piperazine rings is 1. The topological polar surface area (TPSA) is 52.7 Å². The first-order chi connectivity index (χ1) is 14.0. The number of hydrogen-bond donors (Lipinski definition) is 1. The van der Waals surface area contributed by atoms with Gasteiger partial charge >= 0.3 is 0 Å². The normalized spacial score (nSPS) is 19.7. The summed E-state index contributed by atoms with van der Waals surface area (Å²) in [6, 6.07) is 14.5. The highest BCUT2D eigenvalue weighted by Gasteiger charge is 2.26. The monoisotopic (exact) mass is 391 g/mol. The van der Waals surface area contributed by atoms with Crippen LogP contribution in [0, 0.1) is 0 Å². The zero-order valence-corrected chi connectivity index (χ0v) is 17.3. The number of fused-ring (bicyclic) bond motifs is 1. The van der Waals surface area contributed by atoms with Gasteiger partial charge in [-0.3, -0.25) is 14.5 Å². The summed E-state index contributed by atoms with van der Waals surface area (Å²) in [5.74, 6) is 0.272. The lowest BCUT2D eigenvalue weighted by Gasteiger charge is -2.34. The summed E-state index contributed by atoms with van der Waals surface area (Å²) >= 11 is 0. The van der Waals surface area contributed by atoms with Gasteiger partial charge in [-0.25, -0.2) is 0 Å². The van der Waals surface area contributed by atoms with Gasteiger partial charge in [-0.2, -0.15) is 0 Å². The molecule has 5 nitrogen and oxygen atoms in total. The van der Waals surface area contributed by atoms with Crippen molar-refractivity contribution < 1.29 is 9.59 Å². The number of carbonyl (C=O) groups excluding carboxylic acids is 2. The second-order valence-electron chi connectivity index (χ2n) is 8.15. The van der Waals surface area contributed by atoms with Crippen LogP contribution in [-0.4, -0.2) is 55.4 Å². The highest BCUT2D eigenvalue weighted by Crippen LogP contribution is 2.34. The Morgan fingerprint density at radius 2 is 1.72 bits per heavy atom. The Balaban J connectivity index is 1.50. The van der Waals surface area contributed by atoms with Crippen LogP contribution in [-0.2, 0) is 11.2 Å². The first-order valence-electron chi connectivity index (χ1n) is 10.5. The van der Waals surface area contributed by atoms with Crippen molar-refractivity contribution in [3.05, 3.63) is 53.6 Å². The van der Waals surface area contributed by atoms with E-state index in [1.807, 2.05) is 29.2 Å².